The molecule has 1 unspecified atom stereocenters. The normalized spacial score (nSPS) is 17.2. The van der Waals surface area contributed by atoms with E-state index < -0.39 is 5.54 Å². The van der Waals surface area contributed by atoms with Gasteiger partial charge in [0.05, 0.1) is 18.8 Å². The Kier molecular flexibility index (Phi) is 7.51. The van der Waals surface area contributed by atoms with Gasteiger partial charge < -0.3 is 19.7 Å². The first kappa shape index (κ1) is 24.5. The Bertz CT molecular complexity index is 1160. The largest absolute Gasteiger partial charge is 0.494 e. The SMILES string of the molecule is CCOc1ccc(CN2C(=O)c3cc(-c4ccccc4)nn3CC2(C)C(=O)NCCCOC)cc1. The lowest BCUT2D eigenvalue weighted by atomic mass is 9.94. The Morgan fingerprint density at radius 2 is 1.89 bits per heavy atom. The maximum absolute atomic E-state index is 13.8. The van der Waals surface area contributed by atoms with Crippen molar-refractivity contribution in [3.63, 3.8) is 0 Å². The molecule has 0 bridgehead atoms. The van der Waals surface area contributed by atoms with Crippen LogP contribution in [0.25, 0.3) is 11.3 Å². The van der Waals surface area contributed by atoms with Crippen molar-refractivity contribution in [3.8, 4) is 17.0 Å². The molecule has 1 aliphatic rings. The van der Waals surface area contributed by atoms with Crippen LogP contribution in [0.4, 0.5) is 0 Å². The highest BCUT2D eigenvalue weighted by Gasteiger charge is 2.47. The summed E-state index contributed by atoms with van der Waals surface area (Å²) in [7, 11) is 1.63. The second kappa shape index (κ2) is 10.7. The lowest BCUT2D eigenvalue weighted by molar-refractivity contribution is -0.133. The van der Waals surface area contributed by atoms with Crippen LogP contribution in [0.5, 0.6) is 5.75 Å². The maximum Gasteiger partial charge on any atom is 0.273 e. The molecule has 0 saturated carbocycles. The van der Waals surface area contributed by atoms with Crippen LogP contribution in [-0.4, -0.2) is 58.9 Å². The third-order valence-corrected chi connectivity index (χ3v) is 6.24. The van der Waals surface area contributed by atoms with Gasteiger partial charge in [-0.25, -0.2) is 0 Å². The molecule has 1 aromatic heterocycles. The van der Waals surface area contributed by atoms with Gasteiger partial charge in [0, 0.05) is 32.4 Å². The molecule has 0 aliphatic carbocycles. The molecule has 8 heteroatoms. The molecule has 35 heavy (non-hydrogen) atoms. The number of nitrogens with zero attached hydrogens (tertiary/aromatic N) is 3. The van der Waals surface area contributed by atoms with Crippen LogP contribution in [0.2, 0.25) is 0 Å². The molecule has 1 atom stereocenters. The van der Waals surface area contributed by atoms with Gasteiger partial charge in [-0.05, 0) is 44.0 Å². The fourth-order valence-corrected chi connectivity index (χ4v) is 4.29. The topological polar surface area (TPSA) is 85.7 Å². The van der Waals surface area contributed by atoms with Gasteiger partial charge in [0.2, 0.25) is 5.91 Å². The van der Waals surface area contributed by atoms with E-state index in [0.29, 0.717) is 44.1 Å². The monoisotopic (exact) mass is 476 g/mol. The number of carbonyl (C=O) groups excluding carboxylic acids is 2. The number of hydrogen-bond donors (Lipinski definition) is 1. The first-order valence-electron chi connectivity index (χ1n) is 11.9. The van der Waals surface area contributed by atoms with Crippen LogP contribution in [0.15, 0.2) is 60.7 Å². The molecule has 3 aromatic rings. The van der Waals surface area contributed by atoms with E-state index in [4.69, 9.17) is 9.47 Å². The van der Waals surface area contributed by atoms with Crippen molar-refractivity contribution in [2.45, 2.75) is 38.9 Å². The Hall–Kier alpha value is -3.65. The van der Waals surface area contributed by atoms with Gasteiger partial charge in [-0.2, -0.15) is 5.10 Å². The van der Waals surface area contributed by atoms with Gasteiger partial charge in [-0.1, -0.05) is 42.5 Å². The van der Waals surface area contributed by atoms with Crippen molar-refractivity contribution in [1.82, 2.24) is 20.0 Å². The molecule has 4 rings (SSSR count). The zero-order valence-corrected chi connectivity index (χ0v) is 20.5. The van der Waals surface area contributed by atoms with E-state index in [1.54, 1.807) is 29.7 Å². The summed E-state index contributed by atoms with van der Waals surface area (Å²) in [6, 6.07) is 19.1. The summed E-state index contributed by atoms with van der Waals surface area (Å²) in [6.07, 6.45) is 0.691. The summed E-state index contributed by atoms with van der Waals surface area (Å²) in [5, 5.41) is 7.67. The molecule has 0 fully saturated rings. The predicted molar refractivity (Wildman–Crippen MR) is 133 cm³/mol. The highest BCUT2D eigenvalue weighted by molar-refractivity contribution is 6.00. The van der Waals surface area contributed by atoms with E-state index >= 15 is 0 Å². The molecule has 8 nitrogen and oxygen atoms in total. The number of benzene rings is 2. The Morgan fingerprint density at radius 3 is 2.57 bits per heavy atom. The number of aromatic nitrogens is 2. The molecule has 0 spiro atoms. The van der Waals surface area contributed by atoms with Gasteiger partial charge in [0.25, 0.3) is 5.91 Å². The van der Waals surface area contributed by atoms with Crippen LogP contribution in [0.1, 0.15) is 36.3 Å². The van der Waals surface area contributed by atoms with Crippen molar-refractivity contribution in [3.05, 3.63) is 71.9 Å². The van der Waals surface area contributed by atoms with E-state index in [9.17, 15) is 9.59 Å². The summed E-state index contributed by atoms with van der Waals surface area (Å²) >= 11 is 0. The van der Waals surface area contributed by atoms with E-state index in [1.807, 2.05) is 61.5 Å². The van der Waals surface area contributed by atoms with Gasteiger partial charge in [-0.15, -0.1) is 0 Å². The van der Waals surface area contributed by atoms with Crippen molar-refractivity contribution in [1.29, 1.82) is 0 Å². The van der Waals surface area contributed by atoms with E-state index in [2.05, 4.69) is 10.4 Å². The van der Waals surface area contributed by atoms with Crippen LogP contribution in [0.3, 0.4) is 0 Å². The van der Waals surface area contributed by atoms with Gasteiger partial charge in [-0.3, -0.25) is 14.3 Å². The molecule has 0 radical (unpaired) electrons. The minimum Gasteiger partial charge on any atom is -0.494 e. The van der Waals surface area contributed by atoms with Crippen LogP contribution in [0, 0.1) is 0 Å². The number of fused-ring (bicyclic) bond motifs is 1. The lowest BCUT2D eigenvalue weighted by Crippen LogP contribution is -2.63. The Balaban J connectivity index is 1.66. The number of nitrogens with one attached hydrogen (secondary N) is 1. The number of rotatable bonds is 10. The summed E-state index contributed by atoms with van der Waals surface area (Å²) in [5.74, 6) is 0.329. The average Bonchev–Trinajstić information content (AvgIpc) is 3.30. The fourth-order valence-electron chi connectivity index (χ4n) is 4.29. The smallest absolute Gasteiger partial charge is 0.273 e. The predicted octanol–water partition coefficient (Wildman–Crippen LogP) is 3.52. The molecule has 0 saturated heterocycles. The van der Waals surface area contributed by atoms with Crippen molar-refractivity contribution >= 4 is 11.8 Å². The maximum atomic E-state index is 13.8. The molecule has 2 aromatic carbocycles. The third kappa shape index (κ3) is 5.22. The summed E-state index contributed by atoms with van der Waals surface area (Å²) in [6.45, 7) is 5.89. The molecule has 2 heterocycles. The lowest BCUT2D eigenvalue weighted by Gasteiger charge is -2.43. The van der Waals surface area contributed by atoms with Gasteiger partial charge in [0.1, 0.15) is 17.0 Å². The molecule has 184 valence electrons. The van der Waals surface area contributed by atoms with Crippen LogP contribution < -0.4 is 10.1 Å². The standard InChI is InChI=1S/C27H32N4O4/c1-4-35-22-13-11-20(12-14-22)18-30-25(32)24-17-23(21-9-6-5-7-10-21)29-31(24)19-27(30,2)26(33)28-15-8-16-34-3/h5-7,9-14,17H,4,8,15-16,18-19H2,1-3H3,(H,28,33). The van der Waals surface area contributed by atoms with Crippen molar-refractivity contribution in [2.24, 2.45) is 0 Å². The van der Waals surface area contributed by atoms with E-state index in [-0.39, 0.29) is 18.4 Å². The summed E-state index contributed by atoms with van der Waals surface area (Å²) in [4.78, 5) is 28.9. The van der Waals surface area contributed by atoms with Gasteiger partial charge in [0.15, 0.2) is 0 Å². The number of hydrogen-bond acceptors (Lipinski definition) is 5. The van der Waals surface area contributed by atoms with Crippen LogP contribution >= 0.6 is 0 Å². The van der Waals surface area contributed by atoms with Crippen LogP contribution in [-0.2, 0) is 22.6 Å². The molecular formula is C27H32N4O4. The quantitative estimate of drug-likeness (QED) is 0.453. The third-order valence-electron chi connectivity index (χ3n) is 6.24. The second-order valence-electron chi connectivity index (χ2n) is 8.78. The van der Waals surface area contributed by atoms with Crippen molar-refractivity contribution in [2.75, 3.05) is 26.9 Å². The molecule has 2 amide bonds. The molecule has 1 N–H and O–H groups in total. The first-order valence-corrected chi connectivity index (χ1v) is 11.9. The highest BCUT2D eigenvalue weighted by atomic mass is 16.5. The summed E-state index contributed by atoms with van der Waals surface area (Å²) in [5.41, 5.74) is 1.90. The number of ether oxygens (including phenoxy) is 2. The molecule has 1 aliphatic heterocycles. The highest BCUT2D eigenvalue weighted by Crippen LogP contribution is 2.31. The zero-order valence-electron chi connectivity index (χ0n) is 20.5. The number of methoxy groups -OCH3 is 1. The van der Waals surface area contributed by atoms with E-state index in [1.165, 1.54) is 0 Å². The fraction of sp³-hybridized carbons (Fsp3) is 0.370. The Morgan fingerprint density at radius 1 is 1.14 bits per heavy atom. The van der Waals surface area contributed by atoms with Crippen molar-refractivity contribution < 1.29 is 19.1 Å². The van der Waals surface area contributed by atoms with Gasteiger partial charge >= 0.3 is 0 Å². The zero-order chi connectivity index (χ0) is 24.8. The first-order chi connectivity index (χ1) is 17.0. The summed E-state index contributed by atoms with van der Waals surface area (Å²) < 4.78 is 12.3. The second-order valence-corrected chi connectivity index (χ2v) is 8.78. The molecular weight excluding hydrogens is 444 g/mol. The minimum absolute atomic E-state index is 0.213. The average molecular weight is 477 g/mol. The van der Waals surface area contributed by atoms with E-state index in [0.717, 1.165) is 16.9 Å². The number of carbonyl (C=O) groups is 2. The number of amides is 2. The minimum atomic E-state index is -1.12. The Labute approximate surface area is 205 Å².